The molecular formula is C55H66F6N16O8S. The van der Waals surface area contributed by atoms with Crippen LogP contribution in [0, 0.1) is 13.1 Å². The number of carbonyl (C=O) groups excluding carboxylic acids is 2. The summed E-state index contributed by atoms with van der Waals surface area (Å²) in [5, 5.41) is 11.7. The Morgan fingerprint density at radius 3 is 1.53 bits per heavy atom. The van der Waals surface area contributed by atoms with Gasteiger partial charge in [0.05, 0.1) is 10.8 Å². The molecule has 4 atom stereocenters. The molecule has 0 radical (unpaired) electrons. The minimum atomic E-state index is -4.85. The van der Waals surface area contributed by atoms with E-state index in [4.69, 9.17) is 37.8 Å². The number of sulfone groups is 1. The maximum atomic E-state index is 14.2. The van der Waals surface area contributed by atoms with E-state index in [1.807, 2.05) is 20.8 Å². The zero-order valence-corrected chi connectivity index (χ0v) is 49.2. The maximum absolute atomic E-state index is 14.2. The summed E-state index contributed by atoms with van der Waals surface area (Å²) in [4.78, 5) is 58.0. The highest BCUT2D eigenvalue weighted by molar-refractivity contribution is 7.90. The number of ether oxygens (including phenoxy) is 4. The molecule has 4 fully saturated rings. The lowest BCUT2D eigenvalue weighted by Crippen LogP contribution is -2.47. The van der Waals surface area contributed by atoms with Gasteiger partial charge in [0, 0.05) is 70.1 Å². The van der Waals surface area contributed by atoms with Crippen molar-refractivity contribution in [2.24, 2.45) is 5.73 Å². The second-order valence-electron chi connectivity index (χ2n) is 22.9. The molecule has 10 rings (SSSR count). The van der Waals surface area contributed by atoms with Crippen molar-refractivity contribution in [2.45, 2.75) is 159 Å². The molecule has 6 aromatic rings. The third-order valence-electron chi connectivity index (χ3n) is 13.6. The van der Waals surface area contributed by atoms with Crippen molar-refractivity contribution in [3.63, 3.8) is 0 Å². The molecule has 6 aromatic heterocycles. The SMILES string of the molecule is CC(C)(C)OC(=O)N1CCC[C@H](N)C1.[C-]#[N+]c1ccc2c(-c3nc(N[C@H]4CCCN(C(=O)OC(C)(C)C)C4)ncc3C(F)(F)F)nn(C3CCCCO3)c2n1.[C-]#[N+]c1ccc2c(-c3nc(S(C)(=O)=O)ncc3C(F)(F)F)nn(C3CCCCO3)c2n1. The van der Waals surface area contributed by atoms with Crippen molar-refractivity contribution >= 4 is 61.7 Å². The smallest absolute Gasteiger partial charge is 0.420 e. The third kappa shape index (κ3) is 16.0. The quantitative estimate of drug-likeness (QED) is 0.0854. The van der Waals surface area contributed by atoms with E-state index in [1.165, 1.54) is 33.6 Å². The van der Waals surface area contributed by atoms with E-state index in [-0.39, 0.29) is 70.4 Å². The molecule has 3 N–H and O–H groups in total. The summed E-state index contributed by atoms with van der Waals surface area (Å²) in [6.07, 6.45) is -1.56. The average Bonchev–Trinajstić information content (AvgIpc) is 1.64. The molecule has 4 saturated heterocycles. The number of nitrogens with zero attached hydrogens (tertiary/aromatic N) is 14. The molecule has 86 heavy (non-hydrogen) atoms. The van der Waals surface area contributed by atoms with Crippen LogP contribution in [0.5, 0.6) is 0 Å². The molecule has 0 aliphatic carbocycles. The highest BCUT2D eigenvalue weighted by atomic mass is 32.2. The molecular weight excluding hydrogens is 1160 g/mol. The van der Waals surface area contributed by atoms with E-state index in [0.717, 1.165) is 57.5 Å². The van der Waals surface area contributed by atoms with E-state index < -0.39 is 79.6 Å². The lowest BCUT2D eigenvalue weighted by Gasteiger charge is -2.34. The van der Waals surface area contributed by atoms with Crippen LogP contribution in [-0.2, 0) is 41.1 Å². The number of alkyl halides is 6. The number of likely N-dealkylation sites (tertiary alicyclic amines) is 2. The number of carbonyl (C=O) groups is 2. The van der Waals surface area contributed by atoms with Gasteiger partial charge in [-0.15, -0.1) is 0 Å². The van der Waals surface area contributed by atoms with E-state index in [2.05, 4.69) is 55.1 Å². The van der Waals surface area contributed by atoms with Crippen LogP contribution in [0.2, 0.25) is 0 Å². The number of piperidine rings is 2. The van der Waals surface area contributed by atoms with Crippen LogP contribution in [0.15, 0.2) is 41.8 Å². The predicted molar refractivity (Wildman–Crippen MR) is 300 cm³/mol. The Kier molecular flexibility index (Phi) is 19.4. The van der Waals surface area contributed by atoms with Gasteiger partial charge in [0.2, 0.25) is 20.9 Å². The normalized spacial score (nSPS) is 19.7. The zero-order valence-electron chi connectivity index (χ0n) is 48.4. The summed E-state index contributed by atoms with van der Waals surface area (Å²) >= 11 is 0. The molecule has 4 aliphatic rings. The largest absolute Gasteiger partial charge is 0.444 e. The van der Waals surface area contributed by atoms with Crippen LogP contribution in [0.3, 0.4) is 0 Å². The Bertz CT molecular complexity index is 3640. The van der Waals surface area contributed by atoms with Gasteiger partial charge in [-0.25, -0.2) is 37.9 Å². The first-order valence-corrected chi connectivity index (χ1v) is 29.6. The number of pyridine rings is 2. The van der Waals surface area contributed by atoms with Crippen LogP contribution in [0.25, 0.3) is 54.5 Å². The fraction of sp³-hybridized carbons (Fsp3) is 0.564. The minimum absolute atomic E-state index is 0.0219. The maximum Gasteiger partial charge on any atom is 0.420 e. The Balaban J connectivity index is 0.000000187. The molecule has 24 nitrogen and oxygen atoms in total. The summed E-state index contributed by atoms with van der Waals surface area (Å²) in [7, 11) is -3.98. The zero-order chi connectivity index (χ0) is 62.5. The van der Waals surface area contributed by atoms with Gasteiger partial charge in [-0.3, -0.25) is 0 Å². The Morgan fingerprint density at radius 1 is 0.640 bits per heavy atom. The molecule has 10 heterocycles. The number of halogens is 6. The standard InChI is InChI=1S/C27H31F3N8O3.C18H15F3N6O3S.C10H20N2O2/c1-26(2,3)41-25(39)37-12-7-8-16(15-37)33-24-32-14-18(27(28,29)30)22(35-24)21-17-10-11-19(31-4)34-23(17)38(36-21)20-9-5-6-13-40-20;1-22-12-7-6-10-14(26-27(16(10)24-12)13-5-3-4-8-30-13)15-11(18(19,20)21)9-23-17(25-15)31(2,28)29;1-10(2,3)14-9(13)12-6-4-5-8(11)7-12/h10-11,14,16,20H,5-9,12-13,15H2,1-3H3,(H,32,33,35);6-7,9,13H,3-5,8H2,2H3;8H,4-7,11H2,1-3H3/t16-,20?;;8-/m0.0/s1. The van der Waals surface area contributed by atoms with Gasteiger partial charge in [-0.2, -0.15) is 45.9 Å². The van der Waals surface area contributed by atoms with Crippen molar-refractivity contribution < 1.29 is 63.3 Å². The Labute approximate surface area is 491 Å². The number of hydrogen-bond donors (Lipinski definition) is 2. The van der Waals surface area contributed by atoms with Crippen molar-refractivity contribution in [1.82, 2.24) is 59.3 Å². The van der Waals surface area contributed by atoms with E-state index >= 15 is 0 Å². The monoisotopic (exact) mass is 1220 g/mol. The highest BCUT2D eigenvalue weighted by Crippen LogP contribution is 2.42. The number of hydrogen-bond acceptors (Lipinski definition) is 18. The Morgan fingerprint density at radius 2 is 1.10 bits per heavy atom. The molecule has 4 aliphatic heterocycles. The Hall–Kier alpha value is -7.87. The number of anilines is 1. The lowest BCUT2D eigenvalue weighted by atomic mass is 10.1. The number of nitrogens with one attached hydrogen (secondary N) is 1. The van der Waals surface area contributed by atoms with Crippen molar-refractivity contribution in [3.8, 4) is 22.8 Å². The van der Waals surface area contributed by atoms with Crippen molar-refractivity contribution in [1.29, 1.82) is 0 Å². The van der Waals surface area contributed by atoms with Gasteiger partial charge in [-0.05, 0) is 118 Å². The third-order valence-corrected chi connectivity index (χ3v) is 14.5. The van der Waals surface area contributed by atoms with E-state index in [9.17, 15) is 44.3 Å². The molecule has 0 spiro atoms. The van der Waals surface area contributed by atoms with Crippen molar-refractivity contribution in [3.05, 3.63) is 70.6 Å². The van der Waals surface area contributed by atoms with Gasteiger partial charge in [0.1, 0.15) is 45.1 Å². The summed E-state index contributed by atoms with van der Waals surface area (Å²) in [5.74, 6) is 0.104. The second-order valence-corrected chi connectivity index (χ2v) is 24.8. The van der Waals surface area contributed by atoms with Crippen LogP contribution in [0.1, 0.15) is 129 Å². The van der Waals surface area contributed by atoms with Crippen LogP contribution in [-0.4, -0.2) is 149 Å². The predicted octanol–water partition coefficient (Wildman–Crippen LogP) is 10.9. The van der Waals surface area contributed by atoms with Gasteiger partial charge in [0.15, 0.2) is 12.5 Å². The van der Waals surface area contributed by atoms with Crippen LogP contribution in [0.4, 0.5) is 53.5 Å². The number of nitrogens with two attached hydrogens (primary N) is 1. The summed E-state index contributed by atoms with van der Waals surface area (Å²) < 4.78 is 133. The van der Waals surface area contributed by atoms with E-state index in [1.54, 1.807) is 30.6 Å². The molecule has 31 heteroatoms. The van der Waals surface area contributed by atoms with Gasteiger partial charge < -0.3 is 49.5 Å². The number of amides is 2. The van der Waals surface area contributed by atoms with Gasteiger partial charge in [0.25, 0.3) is 22.9 Å². The molecule has 2 unspecified atom stereocenters. The fourth-order valence-electron chi connectivity index (χ4n) is 9.77. The first-order valence-electron chi connectivity index (χ1n) is 27.7. The molecule has 0 aromatic carbocycles. The van der Waals surface area contributed by atoms with Gasteiger partial charge >= 0.3 is 24.5 Å². The molecule has 462 valence electrons. The summed E-state index contributed by atoms with van der Waals surface area (Å²) in [6.45, 7) is 28.6. The highest BCUT2D eigenvalue weighted by Gasteiger charge is 2.40. The minimum Gasteiger partial charge on any atom is -0.444 e. The summed E-state index contributed by atoms with van der Waals surface area (Å²) in [6, 6.07) is 5.54. The van der Waals surface area contributed by atoms with Crippen molar-refractivity contribution in [2.75, 3.05) is 51.0 Å². The average molecular weight is 1230 g/mol. The molecule has 2 amide bonds. The second kappa shape index (κ2) is 26.0. The lowest BCUT2D eigenvalue weighted by molar-refractivity contribution is -0.138. The first kappa shape index (κ1) is 64.1. The fourth-order valence-corrected chi connectivity index (χ4v) is 10.3. The first-order chi connectivity index (χ1) is 40.4. The number of rotatable bonds is 7. The molecule has 0 bridgehead atoms. The van der Waals surface area contributed by atoms with Crippen LogP contribution >= 0.6 is 0 Å². The number of aromatic nitrogens is 10. The molecule has 0 saturated carbocycles. The van der Waals surface area contributed by atoms with Gasteiger partial charge in [-0.1, -0.05) is 35.2 Å². The number of fused-ring (bicyclic) bond motifs is 2. The van der Waals surface area contributed by atoms with Crippen LogP contribution < -0.4 is 11.1 Å². The topological polar surface area (TPSA) is 271 Å². The summed E-state index contributed by atoms with van der Waals surface area (Å²) in [5.41, 5.74) is 1.50. The van der Waals surface area contributed by atoms with E-state index in [0.29, 0.717) is 63.6 Å².